The fraction of sp³-hybridized carbons (Fsp3) is 0.0769. The van der Waals surface area contributed by atoms with Crippen LogP contribution < -0.4 is 4.74 Å². The first-order valence-corrected chi connectivity index (χ1v) is 5.97. The Morgan fingerprint density at radius 1 is 1.00 bits per heavy atom. The minimum absolute atomic E-state index is 0.747. The van der Waals surface area contributed by atoms with E-state index in [9.17, 15) is 0 Å². The molecule has 0 N–H and O–H groups in total. The van der Waals surface area contributed by atoms with E-state index >= 15 is 0 Å². The Bertz CT molecular complexity index is 494. The van der Waals surface area contributed by atoms with Crippen molar-refractivity contribution in [3.8, 4) is 16.9 Å². The molecule has 0 unspecified atom stereocenters. The Balaban J connectivity index is 2.41. The summed E-state index contributed by atoms with van der Waals surface area (Å²) in [6.45, 7) is 0. The average molecular weight is 298 g/mol. The molecular formula is C13H10BrClO. The zero-order valence-corrected chi connectivity index (χ0v) is 11.0. The molecule has 0 spiro atoms. The summed E-state index contributed by atoms with van der Waals surface area (Å²) >= 11 is 9.32. The Morgan fingerprint density at radius 2 is 1.62 bits per heavy atom. The highest BCUT2D eigenvalue weighted by atomic mass is 79.9. The van der Waals surface area contributed by atoms with Gasteiger partial charge < -0.3 is 4.74 Å². The van der Waals surface area contributed by atoms with Gasteiger partial charge in [0.2, 0.25) is 0 Å². The van der Waals surface area contributed by atoms with Gasteiger partial charge in [0.15, 0.2) is 0 Å². The van der Waals surface area contributed by atoms with Crippen LogP contribution >= 0.6 is 27.5 Å². The van der Waals surface area contributed by atoms with E-state index in [4.69, 9.17) is 16.3 Å². The average Bonchev–Trinajstić information content (AvgIpc) is 2.30. The number of benzene rings is 2. The summed E-state index contributed by atoms with van der Waals surface area (Å²) < 4.78 is 6.13. The van der Waals surface area contributed by atoms with Gasteiger partial charge in [-0.3, -0.25) is 0 Å². The highest BCUT2D eigenvalue weighted by Crippen LogP contribution is 2.30. The monoisotopic (exact) mass is 296 g/mol. The normalized spacial score (nSPS) is 10.2. The number of hydrogen-bond acceptors (Lipinski definition) is 1. The molecule has 0 aliphatic carbocycles. The number of halogens is 2. The third kappa shape index (κ3) is 2.39. The predicted molar refractivity (Wildman–Crippen MR) is 71.1 cm³/mol. The molecule has 0 bridgehead atoms. The fourth-order valence-corrected chi connectivity index (χ4v) is 2.15. The van der Waals surface area contributed by atoms with E-state index in [-0.39, 0.29) is 0 Å². The molecule has 0 saturated heterocycles. The first-order chi connectivity index (χ1) is 7.70. The van der Waals surface area contributed by atoms with Crippen LogP contribution in [0.4, 0.5) is 0 Å². The first kappa shape index (κ1) is 11.5. The maximum atomic E-state index is 5.85. The second-order valence-corrected chi connectivity index (χ2v) is 4.65. The van der Waals surface area contributed by atoms with Crippen molar-refractivity contribution in [3.05, 3.63) is 52.0 Å². The molecule has 16 heavy (non-hydrogen) atoms. The zero-order chi connectivity index (χ0) is 11.5. The Kier molecular flexibility index (Phi) is 3.52. The predicted octanol–water partition coefficient (Wildman–Crippen LogP) is 4.78. The summed E-state index contributed by atoms with van der Waals surface area (Å²) in [6, 6.07) is 13.8. The molecule has 2 rings (SSSR count). The number of rotatable bonds is 2. The lowest BCUT2D eigenvalue weighted by atomic mass is 10.1. The smallest absolute Gasteiger partial charge is 0.133 e. The van der Waals surface area contributed by atoms with Crippen molar-refractivity contribution in [1.29, 1.82) is 0 Å². The van der Waals surface area contributed by atoms with Gasteiger partial charge in [-0.05, 0) is 51.3 Å². The first-order valence-electron chi connectivity index (χ1n) is 4.80. The van der Waals surface area contributed by atoms with Crippen LogP contribution in [0.25, 0.3) is 11.1 Å². The van der Waals surface area contributed by atoms with E-state index in [0.29, 0.717) is 0 Å². The van der Waals surface area contributed by atoms with Crippen LogP contribution in [0.2, 0.25) is 5.02 Å². The fourth-order valence-electron chi connectivity index (χ4n) is 1.49. The van der Waals surface area contributed by atoms with Crippen molar-refractivity contribution in [2.75, 3.05) is 7.11 Å². The van der Waals surface area contributed by atoms with Crippen LogP contribution in [0.15, 0.2) is 46.9 Å². The van der Waals surface area contributed by atoms with E-state index in [0.717, 1.165) is 26.4 Å². The molecule has 0 saturated carbocycles. The van der Waals surface area contributed by atoms with Gasteiger partial charge >= 0.3 is 0 Å². The highest BCUT2D eigenvalue weighted by molar-refractivity contribution is 9.10. The van der Waals surface area contributed by atoms with Gasteiger partial charge in [-0.25, -0.2) is 0 Å². The van der Waals surface area contributed by atoms with Crippen molar-refractivity contribution < 1.29 is 4.74 Å². The number of hydrogen-bond donors (Lipinski definition) is 0. The lowest BCUT2D eigenvalue weighted by Gasteiger charge is -2.06. The second-order valence-electron chi connectivity index (χ2n) is 3.36. The van der Waals surface area contributed by atoms with E-state index in [2.05, 4.69) is 15.9 Å². The summed E-state index contributed by atoms with van der Waals surface area (Å²) in [5.41, 5.74) is 2.26. The third-order valence-corrected chi connectivity index (χ3v) is 3.20. The van der Waals surface area contributed by atoms with Crippen molar-refractivity contribution in [2.45, 2.75) is 0 Å². The van der Waals surface area contributed by atoms with Crippen molar-refractivity contribution in [1.82, 2.24) is 0 Å². The van der Waals surface area contributed by atoms with Crippen molar-refractivity contribution in [3.63, 3.8) is 0 Å². The molecule has 0 aromatic heterocycles. The zero-order valence-electron chi connectivity index (χ0n) is 8.71. The maximum absolute atomic E-state index is 5.85. The minimum Gasteiger partial charge on any atom is -0.496 e. The van der Waals surface area contributed by atoms with Crippen LogP contribution in [0.3, 0.4) is 0 Å². The van der Waals surface area contributed by atoms with Crippen LogP contribution in [0.5, 0.6) is 5.75 Å². The molecule has 3 heteroatoms. The van der Waals surface area contributed by atoms with Crippen LogP contribution in [0, 0.1) is 0 Å². The molecule has 2 aromatic carbocycles. The highest BCUT2D eigenvalue weighted by Gasteiger charge is 2.03. The lowest BCUT2D eigenvalue weighted by Crippen LogP contribution is -1.85. The third-order valence-electron chi connectivity index (χ3n) is 2.33. The molecule has 0 amide bonds. The van der Waals surface area contributed by atoms with E-state index in [1.54, 1.807) is 7.11 Å². The second kappa shape index (κ2) is 4.89. The Labute approximate surface area is 108 Å². The van der Waals surface area contributed by atoms with Crippen LogP contribution in [-0.4, -0.2) is 7.11 Å². The molecule has 0 aliphatic heterocycles. The molecular weight excluding hydrogens is 287 g/mol. The minimum atomic E-state index is 0.747. The molecule has 1 nitrogen and oxygen atoms in total. The van der Waals surface area contributed by atoms with E-state index in [1.165, 1.54) is 0 Å². The summed E-state index contributed by atoms with van der Waals surface area (Å²) in [7, 11) is 1.65. The summed E-state index contributed by atoms with van der Waals surface area (Å²) in [4.78, 5) is 0. The Morgan fingerprint density at radius 3 is 2.19 bits per heavy atom. The van der Waals surface area contributed by atoms with Gasteiger partial charge in [-0.2, -0.15) is 0 Å². The van der Waals surface area contributed by atoms with Crippen molar-refractivity contribution in [2.24, 2.45) is 0 Å². The van der Waals surface area contributed by atoms with Gasteiger partial charge in [0.05, 0.1) is 11.6 Å². The quantitative estimate of drug-likeness (QED) is 0.775. The van der Waals surface area contributed by atoms with E-state index < -0.39 is 0 Å². The molecule has 82 valence electrons. The van der Waals surface area contributed by atoms with Crippen LogP contribution in [0.1, 0.15) is 0 Å². The lowest BCUT2D eigenvalue weighted by molar-refractivity contribution is 0.412. The summed E-state index contributed by atoms with van der Waals surface area (Å²) in [6.07, 6.45) is 0. The van der Waals surface area contributed by atoms with Gasteiger partial charge in [0.1, 0.15) is 5.75 Å². The van der Waals surface area contributed by atoms with Crippen molar-refractivity contribution >= 4 is 27.5 Å². The molecule has 0 atom stereocenters. The topological polar surface area (TPSA) is 9.23 Å². The Hall–Kier alpha value is -0.990. The molecule has 0 radical (unpaired) electrons. The standard InChI is InChI=1S/C13H10BrClO/c1-16-13-7-4-10(8-12(13)14)9-2-5-11(15)6-3-9/h2-8H,1H3. The number of methoxy groups -OCH3 is 1. The van der Waals surface area contributed by atoms with Gasteiger partial charge in [-0.15, -0.1) is 0 Å². The van der Waals surface area contributed by atoms with E-state index in [1.807, 2.05) is 42.5 Å². The SMILES string of the molecule is COc1ccc(-c2ccc(Cl)cc2)cc1Br. The largest absolute Gasteiger partial charge is 0.496 e. The molecule has 0 aliphatic rings. The van der Waals surface area contributed by atoms with Gasteiger partial charge in [-0.1, -0.05) is 29.8 Å². The summed E-state index contributed by atoms with van der Waals surface area (Å²) in [5, 5.41) is 0.747. The van der Waals surface area contributed by atoms with Crippen LogP contribution in [-0.2, 0) is 0 Å². The summed E-state index contributed by atoms with van der Waals surface area (Å²) in [5.74, 6) is 0.831. The molecule has 0 fully saturated rings. The molecule has 2 aromatic rings. The number of ether oxygens (including phenoxy) is 1. The van der Waals surface area contributed by atoms with Gasteiger partial charge in [0, 0.05) is 5.02 Å². The maximum Gasteiger partial charge on any atom is 0.133 e. The molecule has 0 heterocycles. The van der Waals surface area contributed by atoms with Gasteiger partial charge in [0.25, 0.3) is 0 Å².